The minimum atomic E-state index is -2.23. The van der Waals surface area contributed by atoms with E-state index >= 15 is 0 Å². The molecule has 0 saturated heterocycles. The van der Waals surface area contributed by atoms with Crippen LogP contribution in [0.5, 0.6) is 0 Å². The van der Waals surface area contributed by atoms with E-state index in [2.05, 4.69) is 302 Å². The van der Waals surface area contributed by atoms with E-state index in [1.54, 1.807) is 6.20 Å². The minimum Gasteiger partial charge on any atom is -0.201 e. The van der Waals surface area contributed by atoms with Crippen molar-refractivity contribution in [1.29, 1.82) is 0 Å². The van der Waals surface area contributed by atoms with Gasteiger partial charge in [-0.05, 0) is 235 Å². The minimum absolute atomic E-state index is 0. The number of aryl methyl sites for hydroxylation is 13. The molecule has 0 unspecified atom stereocenters. The summed E-state index contributed by atoms with van der Waals surface area (Å²) in [5.41, 5.74) is 27.3. The Bertz CT molecular complexity index is 4430. The molecule has 0 fully saturated rings. The molecule has 10 aromatic rings. The van der Waals surface area contributed by atoms with Crippen molar-refractivity contribution in [2.24, 2.45) is 35.2 Å². The lowest BCUT2D eigenvalue weighted by Gasteiger charge is -2.16. The molecule has 598 valence electrons. The molecule has 5 heteroatoms. The summed E-state index contributed by atoms with van der Waals surface area (Å²) >= 11 is 0. The second kappa shape index (κ2) is 53.6. The lowest BCUT2D eigenvalue weighted by atomic mass is 9.90. The van der Waals surface area contributed by atoms with Crippen LogP contribution in [0, 0.1) is 55.3 Å². The van der Waals surface area contributed by atoms with Crippen LogP contribution in [0.15, 0.2) is 195 Å². The summed E-state index contributed by atoms with van der Waals surface area (Å²) in [6, 6.07) is 57.6. The van der Waals surface area contributed by atoms with Crippen molar-refractivity contribution in [2.75, 3.05) is 0 Å². The maximum Gasteiger partial charge on any atom is 0.212 e. The number of hydrogen-bond donors (Lipinski definition) is 0. The van der Waals surface area contributed by atoms with Crippen molar-refractivity contribution in [3.8, 4) is 56.3 Å². The fraction of sp³-hybridized carbons (Fsp3) is 0.466. The highest BCUT2D eigenvalue weighted by Gasteiger charge is 2.24. The first kappa shape index (κ1) is 95.9. The first-order valence-corrected chi connectivity index (χ1v) is 36.7. The molecule has 5 nitrogen and oxygen atoms in total. The molecule has 10 rings (SSSR count). The Morgan fingerprint density at radius 2 is 0.537 bits per heavy atom. The first-order valence-electron chi connectivity index (χ1n) is 39.7. The third kappa shape index (κ3) is 28.1. The zero-order valence-electron chi connectivity index (χ0n) is 70.4. The Labute approximate surface area is 678 Å². The lowest BCUT2D eigenvalue weighted by molar-refractivity contribution is -0.661. The van der Waals surface area contributed by atoms with Gasteiger partial charge in [0.1, 0.15) is 35.2 Å². The maximum atomic E-state index is 8.80. The van der Waals surface area contributed by atoms with Gasteiger partial charge in [0.05, 0.1) is 0 Å². The van der Waals surface area contributed by atoms with Crippen LogP contribution in [0.25, 0.3) is 56.3 Å². The molecule has 0 radical (unpaired) electrons. The van der Waals surface area contributed by atoms with E-state index in [1.807, 2.05) is 62.7 Å². The average Bonchev–Trinajstić information content (AvgIpc) is 0.779. The van der Waals surface area contributed by atoms with Crippen LogP contribution in [0.2, 0.25) is 0 Å². The van der Waals surface area contributed by atoms with Crippen molar-refractivity contribution in [3.63, 3.8) is 0 Å². The third-order valence-corrected chi connectivity index (χ3v) is 20.3. The summed E-state index contributed by atoms with van der Waals surface area (Å²) in [6.45, 7) is 34.2. The van der Waals surface area contributed by atoms with E-state index in [-0.39, 0.29) is 79.8 Å². The van der Waals surface area contributed by atoms with E-state index < -0.39 is 24.5 Å². The zero-order valence-corrected chi connectivity index (χ0v) is 64.4. The Hall–Kier alpha value is -8.15. The maximum absolute atomic E-state index is 8.80. The quantitative estimate of drug-likeness (QED) is 0.0678. The van der Waals surface area contributed by atoms with Gasteiger partial charge in [-0.25, -0.2) is 22.8 Å². The molecule has 0 atom stereocenters. The summed E-state index contributed by atoms with van der Waals surface area (Å²) in [7, 11) is 10.3. The van der Waals surface area contributed by atoms with Crippen LogP contribution in [0.3, 0.4) is 0 Å². The Balaban J connectivity index is -0.000000426. The van der Waals surface area contributed by atoms with Gasteiger partial charge in [-0.2, -0.15) is 0 Å². The number of benzene rings is 5. The Morgan fingerprint density at radius 3 is 0.861 bits per heavy atom. The highest BCUT2D eigenvalue weighted by atomic mass is 14.9. The van der Waals surface area contributed by atoms with Crippen molar-refractivity contribution >= 4 is 0 Å². The SMILES string of the molecule is C.C.C.C.C.C.C.C.C.C.CCC(CC)c1cc(-c2ccccc2C)[n+](C)cc1C.CCC(CC)c1cc[n+](C)c(-c2ccccc2C)c1.[2H]C(CC)(CC)c1c[n+](C)c(-c2ccccc2C)cc1C.[2H]C(CC)(CC)c1cc[n+](C)c(-c2ccccc2C)c1.[2H]C([2H])([2H])c1c[n+](C)c(-c2ccccc2C)cc1C([2H])(CC)CC. The Kier molecular flexibility index (Phi) is 47.6. The fourth-order valence-electron chi connectivity index (χ4n) is 14.0. The third-order valence-electron chi connectivity index (χ3n) is 20.3. The summed E-state index contributed by atoms with van der Waals surface area (Å²) in [6.07, 6.45) is 19.7. The number of nitrogens with zero attached hydrogens (tertiary/aromatic N) is 5. The van der Waals surface area contributed by atoms with Crippen molar-refractivity contribution < 1.29 is 31.1 Å². The van der Waals surface area contributed by atoms with Gasteiger partial charge in [0.2, 0.25) is 28.5 Å². The fourth-order valence-corrected chi connectivity index (χ4v) is 14.0. The van der Waals surface area contributed by atoms with E-state index in [0.29, 0.717) is 30.2 Å². The molecular weight excluding hydrogens is 1310 g/mol. The highest BCUT2D eigenvalue weighted by Crippen LogP contribution is 2.34. The molecule has 5 aromatic heterocycles. The monoisotopic (exact) mass is 1480 g/mol. The molecule has 0 aliphatic rings. The summed E-state index contributed by atoms with van der Waals surface area (Å²) in [5.74, 6) is -0.518. The number of hydrogen-bond acceptors (Lipinski definition) is 0. The molecule has 0 saturated carbocycles. The van der Waals surface area contributed by atoms with Gasteiger partial charge in [0.25, 0.3) is 0 Å². The molecule has 5 heterocycles. The smallest absolute Gasteiger partial charge is 0.201 e. The van der Waals surface area contributed by atoms with Crippen LogP contribution in [-0.4, -0.2) is 0 Å². The highest BCUT2D eigenvalue weighted by molar-refractivity contribution is 5.65. The average molecular weight is 1480 g/mol. The molecule has 0 aliphatic carbocycles. The van der Waals surface area contributed by atoms with Crippen LogP contribution in [0.4, 0.5) is 0 Å². The standard InChI is InChI=1S/3C19H26N.2C18H24N.10CH4/c2*1-6-16(7-2)18-12-19(20(5)13-15(18)4)17-11-9-8-10-14(17)3;1-6-16(7-2)18-13-20(5)19(12-15(18)4)17-11-9-8-10-14(17)3;2*1-5-15(6-2)16-11-12-19(4)18(13-16)17-10-8-7-9-14(17)3;;;;;;;;;;/h3*8-13,16H,6-7H2,1-5H3;2*7-13,15H,5-6H2,1-4H3;10*1H4/q5*+1;;;;;;;;;;/i4D3,16D;;16D;15D;;;;;;;;;;;. The van der Waals surface area contributed by atoms with Gasteiger partial charge in [-0.1, -0.05) is 234 Å². The molecule has 0 spiro atoms. The number of rotatable bonds is 20. The summed E-state index contributed by atoms with van der Waals surface area (Å²) in [5, 5.41) is 0. The van der Waals surface area contributed by atoms with Crippen LogP contribution < -0.4 is 22.8 Å². The van der Waals surface area contributed by atoms with Crippen molar-refractivity contribution in [2.45, 2.75) is 293 Å². The molecule has 0 bridgehead atoms. The van der Waals surface area contributed by atoms with E-state index in [4.69, 9.17) is 8.22 Å². The van der Waals surface area contributed by atoms with E-state index in [1.165, 1.54) is 115 Å². The molecule has 108 heavy (non-hydrogen) atoms. The number of pyridine rings is 5. The topological polar surface area (TPSA) is 19.4 Å². The predicted octanol–water partition coefficient (Wildman–Crippen LogP) is 29.2. The number of aromatic nitrogens is 5. The van der Waals surface area contributed by atoms with E-state index in [9.17, 15) is 0 Å². The summed E-state index contributed by atoms with van der Waals surface area (Å²) < 4.78 is 60.5. The van der Waals surface area contributed by atoms with Crippen molar-refractivity contribution in [3.05, 3.63) is 267 Å². The summed E-state index contributed by atoms with van der Waals surface area (Å²) in [4.78, 5) is 0. The molecule has 0 amide bonds. The second-order valence-electron chi connectivity index (χ2n) is 26.8. The second-order valence-corrected chi connectivity index (χ2v) is 26.8. The largest absolute Gasteiger partial charge is 0.212 e. The van der Waals surface area contributed by atoms with Crippen LogP contribution >= 0.6 is 0 Å². The van der Waals surface area contributed by atoms with Crippen LogP contribution in [0.1, 0.15) is 318 Å². The molecule has 0 aliphatic heterocycles. The predicted molar refractivity (Wildman–Crippen MR) is 487 cm³/mol. The van der Waals surface area contributed by atoms with Gasteiger partial charge in [-0.15, -0.1) is 0 Å². The molecule has 5 aromatic carbocycles. The van der Waals surface area contributed by atoms with Gasteiger partial charge < -0.3 is 0 Å². The van der Waals surface area contributed by atoms with Gasteiger partial charge in [-0.3, -0.25) is 0 Å². The van der Waals surface area contributed by atoms with Gasteiger partial charge in [0, 0.05) is 95.2 Å². The zero-order chi connectivity index (χ0) is 77.0. The van der Waals surface area contributed by atoms with Crippen molar-refractivity contribution in [1.82, 2.24) is 0 Å². The Morgan fingerprint density at radius 1 is 0.259 bits per heavy atom. The first-order chi connectivity index (χ1) is 49.3. The lowest BCUT2D eigenvalue weighted by Crippen LogP contribution is -2.32. The van der Waals surface area contributed by atoms with E-state index in [0.717, 1.165) is 53.6 Å². The molecule has 0 N–H and O–H groups in total. The normalized spacial score (nSPS) is 11.3. The van der Waals surface area contributed by atoms with Crippen LogP contribution in [-0.2, 0) is 35.2 Å². The van der Waals surface area contributed by atoms with Gasteiger partial charge >= 0.3 is 0 Å². The van der Waals surface area contributed by atoms with Gasteiger partial charge in [0.15, 0.2) is 31.0 Å². The molecular formula is C103H166N5+5.